The molecule has 72 heavy (non-hydrogen) atoms. The number of carbonyl (C=O) groups excluding carboxylic acids is 3. The molecule has 6 heteroatoms. The van der Waals surface area contributed by atoms with Gasteiger partial charge in [-0.2, -0.15) is 0 Å². The van der Waals surface area contributed by atoms with Gasteiger partial charge in [0.25, 0.3) is 0 Å². The van der Waals surface area contributed by atoms with E-state index in [-0.39, 0.29) is 31.1 Å². The molecular weight excluding hydrogens is 889 g/mol. The van der Waals surface area contributed by atoms with E-state index in [9.17, 15) is 14.4 Å². The van der Waals surface area contributed by atoms with Crippen molar-refractivity contribution in [1.29, 1.82) is 0 Å². The number of allylic oxidation sites excluding steroid dienone is 10. The first-order valence-electron chi connectivity index (χ1n) is 31.3. The summed E-state index contributed by atoms with van der Waals surface area (Å²) in [5, 5.41) is 0. The van der Waals surface area contributed by atoms with Crippen molar-refractivity contribution in [2.75, 3.05) is 13.2 Å². The van der Waals surface area contributed by atoms with Crippen molar-refractivity contribution >= 4 is 17.9 Å². The molecule has 0 amide bonds. The van der Waals surface area contributed by atoms with Gasteiger partial charge in [-0.05, 0) is 83.5 Å². The Hall–Kier alpha value is -2.89. The van der Waals surface area contributed by atoms with Crippen LogP contribution in [0.2, 0.25) is 0 Å². The quantitative estimate of drug-likeness (QED) is 0.0261. The van der Waals surface area contributed by atoms with Crippen molar-refractivity contribution in [2.45, 2.75) is 329 Å². The zero-order valence-corrected chi connectivity index (χ0v) is 47.9. The van der Waals surface area contributed by atoms with Crippen molar-refractivity contribution in [1.82, 2.24) is 0 Å². The maximum Gasteiger partial charge on any atom is 0.306 e. The van der Waals surface area contributed by atoms with Crippen LogP contribution >= 0.6 is 0 Å². The summed E-state index contributed by atoms with van der Waals surface area (Å²) in [5.74, 6) is -0.868. The molecule has 0 rings (SSSR count). The number of ether oxygens (including phenoxy) is 3. The van der Waals surface area contributed by atoms with Crippen LogP contribution in [0.5, 0.6) is 0 Å². The number of hydrogen-bond acceptors (Lipinski definition) is 6. The van der Waals surface area contributed by atoms with E-state index in [1.807, 2.05) is 0 Å². The molecule has 0 saturated carbocycles. The van der Waals surface area contributed by atoms with Gasteiger partial charge in [0.05, 0.1) is 0 Å². The van der Waals surface area contributed by atoms with Gasteiger partial charge in [0.2, 0.25) is 0 Å². The standard InChI is InChI=1S/C66H118O6/c1-4-7-10-13-16-18-20-22-24-26-28-29-30-31-32-33-34-35-36-37-39-40-42-44-46-48-50-53-56-59-65(68)71-62-63(61-70-64(67)58-55-52-15-12-9-6-3)72-66(69)60-57-54-51-49-47-45-43-41-38-27-25-23-21-19-17-14-11-8-5-2/h7,10,16,18,22-25,28-29,63H,4-6,8-9,11-15,17,19-21,26-27,30-62H2,1-3H3/b10-7-,18-16-,24-22-,25-23-,29-28-. The first kappa shape index (κ1) is 69.1. The van der Waals surface area contributed by atoms with E-state index in [2.05, 4.69) is 81.5 Å². The molecule has 0 saturated heterocycles. The molecule has 6 nitrogen and oxygen atoms in total. The molecular formula is C66H118O6. The third kappa shape index (κ3) is 58.0. The number of esters is 3. The molecule has 0 N–H and O–H groups in total. The maximum absolute atomic E-state index is 12.8. The number of carbonyl (C=O) groups is 3. The van der Waals surface area contributed by atoms with Gasteiger partial charge in [0, 0.05) is 19.3 Å². The number of hydrogen-bond donors (Lipinski definition) is 0. The lowest BCUT2D eigenvalue weighted by molar-refractivity contribution is -0.167. The Bertz CT molecular complexity index is 1290. The molecule has 0 aliphatic heterocycles. The normalized spacial score (nSPS) is 12.4. The minimum atomic E-state index is -0.770. The summed E-state index contributed by atoms with van der Waals surface area (Å²) in [6.45, 7) is 6.50. The van der Waals surface area contributed by atoms with E-state index in [0.717, 1.165) is 83.5 Å². The van der Waals surface area contributed by atoms with Crippen LogP contribution in [-0.2, 0) is 28.6 Å². The number of rotatable bonds is 57. The summed E-state index contributed by atoms with van der Waals surface area (Å²) in [6.07, 6.45) is 76.9. The van der Waals surface area contributed by atoms with Crippen LogP contribution in [-0.4, -0.2) is 37.2 Å². The summed E-state index contributed by atoms with van der Waals surface area (Å²) in [4.78, 5) is 38.0. The fraction of sp³-hybridized carbons (Fsp3) is 0.803. The molecule has 0 aliphatic rings. The molecule has 1 atom stereocenters. The SMILES string of the molecule is CC/C=C\C/C=C\C/C=C\C/C=C\CCCCCCCCCCCCCCCCCCC(=O)OCC(COC(=O)CCCCCCCC)OC(=O)CCCCCCCCCCC/C=C\CCCCCCCC. The molecule has 418 valence electrons. The van der Waals surface area contributed by atoms with Crippen LogP contribution in [0.3, 0.4) is 0 Å². The molecule has 0 bridgehead atoms. The molecule has 0 radical (unpaired) electrons. The van der Waals surface area contributed by atoms with Crippen LogP contribution in [0.15, 0.2) is 60.8 Å². The van der Waals surface area contributed by atoms with Crippen LogP contribution in [0.4, 0.5) is 0 Å². The minimum Gasteiger partial charge on any atom is -0.462 e. The van der Waals surface area contributed by atoms with Crippen LogP contribution in [0.1, 0.15) is 323 Å². The van der Waals surface area contributed by atoms with Crippen molar-refractivity contribution in [2.24, 2.45) is 0 Å². The first-order chi connectivity index (χ1) is 35.5. The summed E-state index contributed by atoms with van der Waals surface area (Å²) < 4.78 is 16.8. The Labute approximate surface area is 447 Å². The highest BCUT2D eigenvalue weighted by molar-refractivity contribution is 5.71. The summed E-state index contributed by atoms with van der Waals surface area (Å²) in [6, 6.07) is 0. The van der Waals surface area contributed by atoms with E-state index in [1.54, 1.807) is 0 Å². The average molecular weight is 1010 g/mol. The van der Waals surface area contributed by atoms with Crippen molar-refractivity contribution in [3.63, 3.8) is 0 Å². The van der Waals surface area contributed by atoms with E-state index in [0.29, 0.717) is 19.3 Å². The van der Waals surface area contributed by atoms with Crippen LogP contribution < -0.4 is 0 Å². The number of unbranched alkanes of at least 4 members (excludes halogenated alkanes) is 36. The second-order valence-electron chi connectivity index (χ2n) is 20.9. The van der Waals surface area contributed by atoms with Gasteiger partial charge >= 0.3 is 17.9 Å². The van der Waals surface area contributed by atoms with Gasteiger partial charge in [-0.1, -0.05) is 281 Å². The zero-order chi connectivity index (χ0) is 52.2. The lowest BCUT2D eigenvalue weighted by Crippen LogP contribution is -2.30. The van der Waals surface area contributed by atoms with Gasteiger partial charge in [0.1, 0.15) is 13.2 Å². The fourth-order valence-corrected chi connectivity index (χ4v) is 9.08. The maximum atomic E-state index is 12.8. The van der Waals surface area contributed by atoms with E-state index in [4.69, 9.17) is 14.2 Å². The molecule has 0 aromatic carbocycles. The minimum absolute atomic E-state index is 0.0713. The average Bonchev–Trinajstić information content (AvgIpc) is 3.38. The zero-order valence-electron chi connectivity index (χ0n) is 47.9. The second-order valence-corrected chi connectivity index (χ2v) is 20.9. The Kier molecular flexibility index (Phi) is 58.2. The Balaban J connectivity index is 4.03. The first-order valence-corrected chi connectivity index (χ1v) is 31.3. The molecule has 0 aromatic rings. The lowest BCUT2D eigenvalue weighted by atomic mass is 10.0. The summed E-state index contributed by atoms with van der Waals surface area (Å²) in [5.41, 5.74) is 0. The monoisotopic (exact) mass is 1010 g/mol. The van der Waals surface area contributed by atoms with E-state index < -0.39 is 6.10 Å². The van der Waals surface area contributed by atoms with Gasteiger partial charge in [-0.15, -0.1) is 0 Å². The Morgan fingerprint density at radius 2 is 0.542 bits per heavy atom. The van der Waals surface area contributed by atoms with Gasteiger partial charge in [0.15, 0.2) is 6.10 Å². The lowest BCUT2D eigenvalue weighted by Gasteiger charge is -2.18. The van der Waals surface area contributed by atoms with Gasteiger partial charge in [-0.25, -0.2) is 0 Å². The molecule has 0 fully saturated rings. The highest BCUT2D eigenvalue weighted by Crippen LogP contribution is 2.17. The topological polar surface area (TPSA) is 78.9 Å². The van der Waals surface area contributed by atoms with Gasteiger partial charge in [-0.3, -0.25) is 14.4 Å². The smallest absolute Gasteiger partial charge is 0.306 e. The summed E-state index contributed by atoms with van der Waals surface area (Å²) >= 11 is 0. The molecule has 0 heterocycles. The molecule has 1 unspecified atom stereocenters. The predicted molar refractivity (Wildman–Crippen MR) is 312 cm³/mol. The third-order valence-electron chi connectivity index (χ3n) is 13.8. The van der Waals surface area contributed by atoms with Crippen molar-refractivity contribution in [3.8, 4) is 0 Å². The Morgan fingerprint density at radius 1 is 0.292 bits per heavy atom. The fourth-order valence-electron chi connectivity index (χ4n) is 9.08. The van der Waals surface area contributed by atoms with E-state index >= 15 is 0 Å². The summed E-state index contributed by atoms with van der Waals surface area (Å²) in [7, 11) is 0. The highest BCUT2D eigenvalue weighted by Gasteiger charge is 2.19. The second kappa shape index (κ2) is 60.7. The molecule has 0 aliphatic carbocycles. The predicted octanol–water partition coefficient (Wildman–Crippen LogP) is 21.2. The van der Waals surface area contributed by atoms with Crippen LogP contribution in [0.25, 0.3) is 0 Å². The third-order valence-corrected chi connectivity index (χ3v) is 13.8. The Morgan fingerprint density at radius 3 is 0.861 bits per heavy atom. The van der Waals surface area contributed by atoms with Crippen LogP contribution in [0, 0.1) is 0 Å². The van der Waals surface area contributed by atoms with Gasteiger partial charge < -0.3 is 14.2 Å². The van der Waals surface area contributed by atoms with Crippen molar-refractivity contribution < 1.29 is 28.6 Å². The molecule has 0 spiro atoms. The van der Waals surface area contributed by atoms with E-state index in [1.165, 1.54) is 199 Å². The van der Waals surface area contributed by atoms with Crippen molar-refractivity contribution in [3.05, 3.63) is 60.8 Å². The highest BCUT2D eigenvalue weighted by atomic mass is 16.6. The largest absolute Gasteiger partial charge is 0.462 e. The molecule has 0 aromatic heterocycles.